The molecule has 3 heteroatoms. The van der Waals surface area contributed by atoms with Gasteiger partial charge in [-0.1, -0.05) is 40.2 Å². The van der Waals surface area contributed by atoms with Gasteiger partial charge in [-0.3, -0.25) is 4.90 Å². The second-order valence-corrected chi connectivity index (χ2v) is 6.44. The van der Waals surface area contributed by atoms with Gasteiger partial charge in [0.2, 0.25) is 0 Å². The van der Waals surface area contributed by atoms with Crippen LogP contribution >= 0.6 is 15.9 Å². The largest absolute Gasteiger partial charge is 0.497 e. The van der Waals surface area contributed by atoms with E-state index < -0.39 is 0 Å². The molecule has 0 amide bonds. The predicted octanol–water partition coefficient (Wildman–Crippen LogP) is 4.79. The predicted molar refractivity (Wildman–Crippen MR) is 89.5 cm³/mol. The summed E-state index contributed by atoms with van der Waals surface area (Å²) in [5.74, 6) is 0.927. The van der Waals surface area contributed by atoms with E-state index in [1.54, 1.807) is 7.11 Å². The molecular weight excluding hydrogens is 326 g/mol. The first-order valence-corrected chi connectivity index (χ1v) is 8.18. The Morgan fingerprint density at radius 3 is 2.48 bits per heavy atom. The molecule has 1 aliphatic rings. The van der Waals surface area contributed by atoms with E-state index in [0.29, 0.717) is 6.04 Å². The van der Waals surface area contributed by atoms with Crippen LogP contribution in [0, 0.1) is 0 Å². The van der Waals surface area contributed by atoms with E-state index in [4.69, 9.17) is 4.74 Å². The lowest BCUT2D eigenvalue weighted by atomic mass is 10.0. The fourth-order valence-electron chi connectivity index (χ4n) is 3.04. The molecule has 3 rings (SSSR count). The first kappa shape index (κ1) is 14.6. The van der Waals surface area contributed by atoms with Gasteiger partial charge in [-0.05, 0) is 54.8 Å². The van der Waals surface area contributed by atoms with Crippen molar-refractivity contribution in [3.8, 4) is 5.75 Å². The number of halogens is 1. The lowest BCUT2D eigenvalue weighted by Crippen LogP contribution is -2.22. The Morgan fingerprint density at radius 2 is 1.81 bits per heavy atom. The van der Waals surface area contributed by atoms with Crippen molar-refractivity contribution >= 4 is 15.9 Å². The van der Waals surface area contributed by atoms with Crippen LogP contribution < -0.4 is 4.74 Å². The van der Waals surface area contributed by atoms with Crippen LogP contribution in [0.2, 0.25) is 0 Å². The van der Waals surface area contributed by atoms with Crippen molar-refractivity contribution in [1.29, 1.82) is 0 Å². The number of nitrogens with zero attached hydrogens (tertiary/aromatic N) is 1. The molecule has 2 aromatic rings. The fraction of sp³-hybridized carbons (Fsp3) is 0.333. The molecule has 1 fully saturated rings. The van der Waals surface area contributed by atoms with Crippen LogP contribution in [0.1, 0.15) is 30.0 Å². The topological polar surface area (TPSA) is 12.5 Å². The van der Waals surface area contributed by atoms with E-state index in [1.165, 1.54) is 30.5 Å². The third kappa shape index (κ3) is 3.47. The van der Waals surface area contributed by atoms with Crippen molar-refractivity contribution in [2.75, 3.05) is 13.7 Å². The first-order valence-electron chi connectivity index (χ1n) is 7.39. The summed E-state index contributed by atoms with van der Waals surface area (Å²) in [5.41, 5.74) is 2.77. The lowest BCUT2D eigenvalue weighted by Gasteiger charge is -2.25. The summed E-state index contributed by atoms with van der Waals surface area (Å²) in [7, 11) is 1.71. The molecular formula is C18H20BrNO. The summed E-state index contributed by atoms with van der Waals surface area (Å²) in [6, 6.07) is 17.7. The maximum atomic E-state index is 5.25. The minimum absolute atomic E-state index is 0.527. The van der Waals surface area contributed by atoms with Crippen LogP contribution in [0.15, 0.2) is 53.0 Å². The van der Waals surface area contributed by atoms with Gasteiger partial charge in [0.15, 0.2) is 0 Å². The molecule has 0 N–H and O–H groups in total. The third-order valence-electron chi connectivity index (χ3n) is 4.16. The Hall–Kier alpha value is -1.32. The Balaban J connectivity index is 1.73. The van der Waals surface area contributed by atoms with Gasteiger partial charge >= 0.3 is 0 Å². The normalized spacial score (nSPS) is 18.9. The number of hydrogen-bond acceptors (Lipinski definition) is 2. The molecule has 0 aromatic heterocycles. The molecule has 1 atom stereocenters. The molecule has 21 heavy (non-hydrogen) atoms. The molecule has 0 radical (unpaired) electrons. The van der Waals surface area contributed by atoms with Gasteiger partial charge in [-0.2, -0.15) is 0 Å². The SMILES string of the molecule is COc1ccc([C@H]2CCCN2Cc2ccc(Br)cc2)cc1. The molecule has 1 heterocycles. The van der Waals surface area contributed by atoms with Gasteiger partial charge < -0.3 is 4.74 Å². The van der Waals surface area contributed by atoms with Crippen LogP contribution in [0.3, 0.4) is 0 Å². The second kappa shape index (κ2) is 6.63. The highest BCUT2D eigenvalue weighted by atomic mass is 79.9. The molecule has 1 aliphatic heterocycles. The molecule has 0 saturated carbocycles. The number of ether oxygens (including phenoxy) is 1. The Kier molecular flexibility index (Phi) is 4.61. The summed E-state index contributed by atoms with van der Waals surface area (Å²) >= 11 is 3.49. The average molecular weight is 346 g/mol. The van der Waals surface area contributed by atoms with Gasteiger partial charge in [0, 0.05) is 17.1 Å². The Morgan fingerprint density at radius 1 is 1.10 bits per heavy atom. The van der Waals surface area contributed by atoms with E-state index in [-0.39, 0.29) is 0 Å². The summed E-state index contributed by atoms with van der Waals surface area (Å²) in [5, 5.41) is 0. The van der Waals surface area contributed by atoms with Gasteiger partial charge in [0.25, 0.3) is 0 Å². The van der Waals surface area contributed by atoms with Gasteiger partial charge in [0.1, 0.15) is 5.75 Å². The number of benzene rings is 2. The van der Waals surface area contributed by atoms with Gasteiger partial charge in [-0.15, -0.1) is 0 Å². The van der Waals surface area contributed by atoms with Crippen molar-refractivity contribution < 1.29 is 4.74 Å². The van der Waals surface area contributed by atoms with Crippen molar-refractivity contribution in [3.05, 3.63) is 64.1 Å². The quantitative estimate of drug-likeness (QED) is 0.789. The highest BCUT2D eigenvalue weighted by Gasteiger charge is 2.25. The molecule has 0 spiro atoms. The minimum Gasteiger partial charge on any atom is -0.497 e. The first-order chi connectivity index (χ1) is 10.3. The van der Waals surface area contributed by atoms with Crippen LogP contribution in [-0.4, -0.2) is 18.6 Å². The summed E-state index contributed by atoms with van der Waals surface area (Å²) in [6.07, 6.45) is 2.51. The molecule has 2 nitrogen and oxygen atoms in total. The molecule has 0 bridgehead atoms. The zero-order valence-electron chi connectivity index (χ0n) is 12.3. The van der Waals surface area contributed by atoms with Crippen LogP contribution in [0.25, 0.3) is 0 Å². The van der Waals surface area contributed by atoms with Gasteiger partial charge in [-0.25, -0.2) is 0 Å². The minimum atomic E-state index is 0.527. The fourth-order valence-corrected chi connectivity index (χ4v) is 3.31. The van der Waals surface area contributed by atoms with Crippen LogP contribution in [-0.2, 0) is 6.54 Å². The lowest BCUT2D eigenvalue weighted by molar-refractivity contribution is 0.248. The third-order valence-corrected chi connectivity index (χ3v) is 4.69. The van der Waals surface area contributed by atoms with Gasteiger partial charge in [0.05, 0.1) is 7.11 Å². The van der Waals surface area contributed by atoms with E-state index in [0.717, 1.165) is 16.8 Å². The maximum absolute atomic E-state index is 5.25. The van der Waals surface area contributed by atoms with Crippen LogP contribution in [0.4, 0.5) is 0 Å². The average Bonchev–Trinajstić information content (AvgIpc) is 2.98. The second-order valence-electron chi connectivity index (χ2n) is 5.53. The van der Waals surface area contributed by atoms with Crippen molar-refractivity contribution in [1.82, 2.24) is 4.90 Å². The van der Waals surface area contributed by atoms with E-state index in [2.05, 4.69) is 69.4 Å². The zero-order chi connectivity index (χ0) is 14.7. The molecule has 0 aliphatic carbocycles. The molecule has 0 unspecified atom stereocenters. The smallest absolute Gasteiger partial charge is 0.118 e. The highest BCUT2D eigenvalue weighted by molar-refractivity contribution is 9.10. The summed E-state index contributed by atoms with van der Waals surface area (Å²) in [6.45, 7) is 2.19. The number of rotatable bonds is 4. The highest BCUT2D eigenvalue weighted by Crippen LogP contribution is 2.33. The number of hydrogen-bond donors (Lipinski definition) is 0. The molecule has 1 saturated heterocycles. The molecule has 2 aromatic carbocycles. The monoisotopic (exact) mass is 345 g/mol. The standard InChI is InChI=1S/C18H20BrNO/c1-21-17-10-6-15(7-11-17)18-3-2-12-20(18)13-14-4-8-16(19)9-5-14/h4-11,18H,2-3,12-13H2,1H3/t18-/m1/s1. The Bertz CT molecular complexity index is 579. The van der Waals surface area contributed by atoms with Crippen molar-refractivity contribution in [2.45, 2.75) is 25.4 Å². The maximum Gasteiger partial charge on any atom is 0.118 e. The number of likely N-dealkylation sites (tertiary alicyclic amines) is 1. The van der Waals surface area contributed by atoms with E-state index in [1.807, 2.05) is 0 Å². The van der Waals surface area contributed by atoms with Crippen LogP contribution in [0.5, 0.6) is 5.75 Å². The summed E-state index contributed by atoms with van der Waals surface area (Å²) in [4.78, 5) is 2.57. The van der Waals surface area contributed by atoms with Crippen molar-refractivity contribution in [2.24, 2.45) is 0 Å². The summed E-state index contributed by atoms with van der Waals surface area (Å²) < 4.78 is 6.39. The number of methoxy groups -OCH3 is 1. The van der Waals surface area contributed by atoms with E-state index >= 15 is 0 Å². The Labute approximate surface area is 134 Å². The molecule has 110 valence electrons. The zero-order valence-corrected chi connectivity index (χ0v) is 13.8. The van der Waals surface area contributed by atoms with Crippen molar-refractivity contribution in [3.63, 3.8) is 0 Å². The van der Waals surface area contributed by atoms with E-state index in [9.17, 15) is 0 Å².